The van der Waals surface area contributed by atoms with E-state index in [9.17, 15) is 4.79 Å². The summed E-state index contributed by atoms with van der Waals surface area (Å²) in [5, 5.41) is 7.73. The highest BCUT2D eigenvalue weighted by molar-refractivity contribution is 5.76. The Hall–Kier alpha value is -1.47. The maximum Gasteiger partial charge on any atom is 0.244 e. The number of hydrogen-bond donors (Lipinski definition) is 1. The number of nitrogens with two attached hydrogens (primary N) is 1. The van der Waals surface area contributed by atoms with Crippen LogP contribution < -0.4 is 5.73 Å². The van der Waals surface area contributed by atoms with E-state index in [1.54, 1.807) is 13.3 Å². The molecule has 100 valence electrons. The molecule has 1 atom stereocenters. The van der Waals surface area contributed by atoms with Crippen molar-refractivity contribution in [3.8, 4) is 0 Å². The number of methoxy groups -OCH3 is 1. The first kappa shape index (κ1) is 13.0. The molecule has 2 heterocycles. The molecule has 2 N–H and O–H groups in total. The summed E-state index contributed by atoms with van der Waals surface area (Å²) in [5.41, 5.74) is 6.14. The first-order chi connectivity index (χ1) is 8.72. The fraction of sp³-hybridized carbons (Fsp3) is 0.727. The third kappa shape index (κ3) is 3.05. The fourth-order valence-electron chi connectivity index (χ4n) is 2.11. The van der Waals surface area contributed by atoms with Crippen LogP contribution in [0.2, 0.25) is 0 Å². The van der Waals surface area contributed by atoms with Gasteiger partial charge in [-0.1, -0.05) is 5.21 Å². The third-order valence-electron chi connectivity index (χ3n) is 3.16. The minimum absolute atomic E-state index is 0.0465. The van der Waals surface area contributed by atoms with E-state index < -0.39 is 0 Å². The molecule has 1 amide bonds. The predicted molar refractivity (Wildman–Crippen MR) is 64.5 cm³/mol. The van der Waals surface area contributed by atoms with E-state index in [1.165, 1.54) is 4.68 Å². The lowest BCUT2D eigenvalue weighted by Gasteiger charge is -2.31. The molecule has 1 fully saturated rings. The summed E-state index contributed by atoms with van der Waals surface area (Å²) in [6.07, 6.45) is 3.85. The van der Waals surface area contributed by atoms with Crippen molar-refractivity contribution >= 4 is 5.91 Å². The summed E-state index contributed by atoms with van der Waals surface area (Å²) in [5.74, 6) is 0.0465. The van der Waals surface area contributed by atoms with Crippen molar-refractivity contribution in [3.63, 3.8) is 0 Å². The van der Waals surface area contributed by atoms with Crippen molar-refractivity contribution in [1.29, 1.82) is 0 Å². The molecular formula is C11H19N5O2. The van der Waals surface area contributed by atoms with Gasteiger partial charge in [0.2, 0.25) is 5.91 Å². The summed E-state index contributed by atoms with van der Waals surface area (Å²) in [6.45, 7) is 2.00. The van der Waals surface area contributed by atoms with E-state index in [4.69, 9.17) is 10.5 Å². The first-order valence-corrected chi connectivity index (χ1v) is 6.12. The summed E-state index contributed by atoms with van der Waals surface area (Å²) < 4.78 is 6.83. The quantitative estimate of drug-likeness (QED) is 0.772. The van der Waals surface area contributed by atoms with Gasteiger partial charge < -0.3 is 15.4 Å². The highest BCUT2D eigenvalue weighted by atomic mass is 16.5. The molecular weight excluding hydrogens is 234 g/mol. The van der Waals surface area contributed by atoms with Crippen LogP contribution in [0.1, 0.15) is 18.5 Å². The van der Waals surface area contributed by atoms with Gasteiger partial charge in [-0.15, -0.1) is 5.10 Å². The Morgan fingerprint density at radius 1 is 1.67 bits per heavy atom. The summed E-state index contributed by atoms with van der Waals surface area (Å²) in [7, 11) is 1.68. The molecule has 1 unspecified atom stereocenters. The van der Waals surface area contributed by atoms with Crippen LogP contribution in [0.3, 0.4) is 0 Å². The van der Waals surface area contributed by atoms with Crippen LogP contribution in [-0.4, -0.2) is 52.1 Å². The number of hydrogen-bond acceptors (Lipinski definition) is 5. The highest BCUT2D eigenvalue weighted by Gasteiger charge is 2.23. The number of piperidine rings is 1. The van der Waals surface area contributed by atoms with E-state index in [1.807, 2.05) is 4.90 Å². The second-order valence-electron chi connectivity index (χ2n) is 4.45. The molecule has 0 saturated carbocycles. The summed E-state index contributed by atoms with van der Waals surface area (Å²) in [6, 6.07) is 0. The SMILES string of the molecule is COC1CCCN(C(=O)Cn2cc(CN)nn2)C1. The van der Waals surface area contributed by atoms with Crippen molar-refractivity contribution in [2.75, 3.05) is 20.2 Å². The molecule has 1 aromatic rings. The Morgan fingerprint density at radius 3 is 3.17 bits per heavy atom. The van der Waals surface area contributed by atoms with Crippen molar-refractivity contribution in [2.45, 2.75) is 32.0 Å². The lowest BCUT2D eigenvalue weighted by molar-refractivity contribution is -0.135. The van der Waals surface area contributed by atoms with Crippen LogP contribution in [0.5, 0.6) is 0 Å². The number of amides is 1. The van der Waals surface area contributed by atoms with Crippen LogP contribution in [-0.2, 0) is 22.6 Å². The van der Waals surface area contributed by atoms with Crippen LogP contribution in [0.4, 0.5) is 0 Å². The van der Waals surface area contributed by atoms with Gasteiger partial charge in [0, 0.05) is 26.7 Å². The number of ether oxygens (including phenoxy) is 1. The normalized spacial score (nSPS) is 20.1. The van der Waals surface area contributed by atoms with Gasteiger partial charge in [0.05, 0.1) is 18.0 Å². The van der Waals surface area contributed by atoms with E-state index >= 15 is 0 Å². The average Bonchev–Trinajstić information content (AvgIpc) is 2.86. The zero-order valence-corrected chi connectivity index (χ0v) is 10.6. The lowest BCUT2D eigenvalue weighted by atomic mass is 10.1. The van der Waals surface area contributed by atoms with Crippen LogP contribution in [0.15, 0.2) is 6.20 Å². The monoisotopic (exact) mass is 253 g/mol. The Balaban J connectivity index is 1.90. The largest absolute Gasteiger partial charge is 0.380 e. The predicted octanol–water partition coefficient (Wildman–Crippen LogP) is -0.626. The maximum atomic E-state index is 12.1. The van der Waals surface area contributed by atoms with Crippen LogP contribution in [0, 0.1) is 0 Å². The van der Waals surface area contributed by atoms with Gasteiger partial charge in [-0.2, -0.15) is 0 Å². The van der Waals surface area contributed by atoms with E-state index in [2.05, 4.69) is 10.3 Å². The summed E-state index contributed by atoms with van der Waals surface area (Å²) in [4.78, 5) is 13.9. The van der Waals surface area contributed by atoms with Gasteiger partial charge in [0.15, 0.2) is 0 Å². The molecule has 7 heteroatoms. The molecule has 1 aliphatic rings. The Kier molecular flexibility index (Phi) is 4.27. The molecule has 0 radical (unpaired) electrons. The molecule has 2 rings (SSSR count). The standard InChI is InChI=1S/C11H19N5O2/c1-18-10-3-2-4-15(7-10)11(17)8-16-6-9(5-12)13-14-16/h6,10H,2-5,7-8,12H2,1H3. The van der Waals surface area contributed by atoms with Gasteiger partial charge in [-0.05, 0) is 12.8 Å². The second kappa shape index (κ2) is 5.92. The maximum absolute atomic E-state index is 12.1. The second-order valence-corrected chi connectivity index (χ2v) is 4.45. The lowest BCUT2D eigenvalue weighted by Crippen LogP contribution is -2.44. The minimum Gasteiger partial charge on any atom is -0.380 e. The van der Waals surface area contributed by atoms with Crippen molar-refractivity contribution in [1.82, 2.24) is 19.9 Å². The van der Waals surface area contributed by atoms with Gasteiger partial charge in [-0.25, -0.2) is 4.68 Å². The smallest absolute Gasteiger partial charge is 0.244 e. The van der Waals surface area contributed by atoms with Crippen molar-refractivity contribution < 1.29 is 9.53 Å². The molecule has 0 bridgehead atoms. The number of rotatable bonds is 4. The number of carbonyl (C=O) groups is 1. The first-order valence-electron chi connectivity index (χ1n) is 6.12. The molecule has 0 aromatic carbocycles. The van der Waals surface area contributed by atoms with E-state index in [0.717, 1.165) is 19.4 Å². The Morgan fingerprint density at radius 2 is 2.50 bits per heavy atom. The number of aromatic nitrogens is 3. The molecule has 0 spiro atoms. The Labute approximate surface area is 106 Å². The van der Waals surface area contributed by atoms with Gasteiger partial charge in [0.25, 0.3) is 0 Å². The zero-order chi connectivity index (χ0) is 13.0. The molecule has 1 saturated heterocycles. The minimum atomic E-state index is 0.0465. The number of nitrogens with zero attached hydrogens (tertiary/aromatic N) is 4. The number of likely N-dealkylation sites (tertiary alicyclic amines) is 1. The fourth-order valence-corrected chi connectivity index (χ4v) is 2.11. The third-order valence-corrected chi connectivity index (χ3v) is 3.16. The molecule has 18 heavy (non-hydrogen) atoms. The van der Waals surface area contributed by atoms with Gasteiger partial charge >= 0.3 is 0 Å². The zero-order valence-electron chi connectivity index (χ0n) is 10.6. The summed E-state index contributed by atoms with van der Waals surface area (Å²) >= 11 is 0. The van der Waals surface area contributed by atoms with Gasteiger partial charge in [-0.3, -0.25) is 4.79 Å². The van der Waals surface area contributed by atoms with Crippen molar-refractivity contribution in [2.24, 2.45) is 5.73 Å². The van der Waals surface area contributed by atoms with E-state index in [-0.39, 0.29) is 18.6 Å². The molecule has 1 aliphatic heterocycles. The Bertz CT molecular complexity index is 406. The molecule has 7 nitrogen and oxygen atoms in total. The topological polar surface area (TPSA) is 86.3 Å². The van der Waals surface area contributed by atoms with Crippen molar-refractivity contribution in [3.05, 3.63) is 11.9 Å². The number of carbonyl (C=O) groups excluding carboxylic acids is 1. The van der Waals surface area contributed by atoms with Crippen LogP contribution in [0.25, 0.3) is 0 Å². The highest BCUT2D eigenvalue weighted by Crippen LogP contribution is 2.12. The molecule has 0 aliphatic carbocycles. The average molecular weight is 253 g/mol. The van der Waals surface area contributed by atoms with Crippen LogP contribution >= 0.6 is 0 Å². The molecule has 1 aromatic heterocycles. The van der Waals surface area contributed by atoms with Gasteiger partial charge in [0.1, 0.15) is 6.54 Å². The van der Waals surface area contributed by atoms with E-state index in [0.29, 0.717) is 18.8 Å².